The van der Waals surface area contributed by atoms with Gasteiger partial charge in [0.25, 0.3) is 0 Å². The van der Waals surface area contributed by atoms with Gasteiger partial charge in [0.05, 0.1) is 17.6 Å². The van der Waals surface area contributed by atoms with Crippen molar-refractivity contribution in [3.63, 3.8) is 0 Å². The summed E-state index contributed by atoms with van der Waals surface area (Å²) in [6.07, 6.45) is 1.64. The molecule has 4 nitrogen and oxygen atoms in total. The summed E-state index contributed by atoms with van der Waals surface area (Å²) in [5.74, 6) is 0.546. The summed E-state index contributed by atoms with van der Waals surface area (Å²) in [4.78, 5) is 8.49. The fourth-order valence-corrected chi connectivity index (χ4v) is 1.36. The lowest BCUT2D eigenvalue weighted by atomic mass is 10.2. The molecule has 2 rings (SSSR count). The van der Waals surface area contributed by atoms with Crippen LogP contribution in [-0.4, -0.2) is 9.97 Å². The minimum absolute atomic E-state index is 0.470. The molecule has 0 unspecified atom stereocenters. The summed E-state index contributed by atoms with van der Waals surface area (Å²) in [6, 6.07) is 7.57. The highest BCUT2D eigenvalue weighted by Crippen LogP contribution is 2.11. The molecule has 2 N–H and O–H groups in total. The molecule has 2 aromatic rings. The maximum absolute atomic E-state index is 5.61. The molecule has 17 heavy (non-hydrogen) atoms. The number of hydrogen-bond donors (Lipinski definition) is 1. The Labute approximate surface area is 100 Å². The summed E-state index contributed by atoms with van der Waals surface area (Å²) in [7, 11) is 0. The van der Waals surface area contributed by atoms with Gasteiger partial charge in [-0.1, -0.05) is 12.1 Å². The Hall–Kier alpha value is -2.10. The lowest BCUT2D eigenvalue weighted by Crippen LogP contribution is -2.00. The van der Waals surface area contributed by atoms with Gasteiger partial charge >= 0.3 is 0 Å². The van der Waals surface area contributed by atoms with Gasteiger partial charge in [0.1, 0.15) is 6.61 Å². The third-order valence-corrected chi connectivity index (χ3v) is 2.54. The van der Waals surface area contributed by atoms with E-state index in [-0.39, 0.29) is 0 Å². The van der Waals surface area contributed by atoms with Crippen molar-refractivity contribution in [3.8, 4) is 5.88 Å². The van der Waals surface area contributed by atoms with Gasteiger partial charge in [-0.05, 0) is 31.5 Å². The molecule has 4 heteroatoms. The molecule has 0 saturated heterocycles. The quantitative estimate of drug-likeness (QED) is 0.820. The number of ether oxygens (including phenoxy) is 1. The van der Waals surface area contributed by atoms with E-state index in [4.69, 9.17) is 10.5 Å². The summed E-state index contributed by atoms with van der Waals surface area (Å²) >= 11 is 0. The molecule has 0 aliphatic heterocycles. The van der Waals surface area contributed by atoms with Gasteiger partial charge in [0, 0.05) is 5.69 Å². The molecule has 0 saturated carbocycles. The summed E-state index contributed by atoms with van der Waals surface area (Å²) in [5, 5.41) is 0. The predicted octanol–water partition coefficient (Wildman–Crippen LogP) is 2.25. The number of hydrogen-bond acceptors (Lipinski definition) is 4. The number of aryl methyl sites for hydroxylation is 2. The van der Waals surface area contributed by atoms with E-state index >= 15 is 0 Å². The molecular formula is C13H15N3O. The first-order valence-electron chi connectivity index (χ1n) is 5.42. The van der Waals surface area contributed by atoms with Crippen molar-refractivity contribution in [2.24, 2.45) is 0 Å². The Morgan fingerprint density at radius 3 is 2.47 bits per heavy atom. The Kier molecular flexibility index (Phi) is 3.23. The normalized spacial score (nSPS) is 10.2. The van der Waals surface area contributed by atoms with E-state index in [1.165, 1.54) is 0 Å². The molecule has 0 atom stereocenters. The van der Waals surface area contributed by atoms with Crippen molar-refractivity contribution in [1.82, 2.24) is 9.97 Å². The smallest absolute Gasteiger partial charge is 0.232 e. The van der Waals surface area contributed by atoms with E-state index < -0.39 is 0 Å². The summed E-state index contributed by atoms with van der Waals surface area (Å²) < 4.78 is 5.55. The van der Waals surface area contributed by atoms with E-state index in [1.54, 1.807) is 6.20 Å². The second-order valence-electron chi connectivity index (χ2n) is 3.91. The predicted molar refractivity (Wildman–Crippen MR) is 66.7 cm³/mol. The molecular weight excluding hydrogens is 214 g/mol. The van der Waals surface area contributed by atoms with Crippen LogP contribution >= 0.6 is 0 Å². The molecule has 0 fully saturated rings. The van der Waals surface area contributed by atoms with Crippen LogP contribution in [0.15, 0.2) is 30.5 Å². The zero-order valence-electron chi connectivity index (χ0n) is 9.97. The molecule has 0 spiro atoms. The van der Waals surface area contributed by atoms with Gasteiger partial charge in [-0.25, -0.2) is 4.98 Å². The lowest BCUT2D eigenvalue weighted by Gasteiger charge is -2.06. The second-order valence-corrected chi connectivity index (χ2v) is 3.91. The van der Waals surface area contributed by atoms with Crippen molar-refractivity contribution in [1.29, 1.82) is 0 Å². The van der Waals surface area contributed by atoms with Crippen LogP contribution in [-0.2, 0) is 6.61 Å². The number of nitrogens with two attached hydrogens (primary N) is 1. The largest absolute Gasteiger partial charge is 0.472 e. The minimum Gasteiger partial charge on any atom is -0.472 e. The average molecular weight is 229 g/mol. The van der Waals surface area contributed by atoms with Crippen molar-refractivity contribution >= 4 is 5.69 Å². The van der Waals surface area contributed by atoms with Crippen molar-refractivity contribution < 1.29 is 4.74 Å². The average Bonchev–Trinajstić information content (AvgIpc) is 2.33. The Balaban J connectivity index is 2.02. The molecule has 0 aliphatic rings. The highest BCUT2D eigenvalue weighted by Gasteiger charge is 2.01. The van der Waals surface area contributed by atoms with Crippen LogP contribution in [0.4, 0.5) is 5.69 Å². The summed E-state index contributed by atoms with van der Waals surface area (Å²) in [5.41, 5.74) is 9.22. The van der Waals surface area contributed by atoms with Crippen LogP contribution in [0.3, 0.4) is 0 Å². The van der Waals surface area contributed by atoms with Gasteiger partial charge in [-0.15, -0.1) is 0 Å². The zero-order chi connectivity index (χ0) is 12.3. The first kappa shape index (κ1) is 11.4. The number of rotatable bonds is 3. The third kappa shape index (κ3) is 2.93. The number of benzene rings is 1. The minimum atomic E-state index is 0.470. The molecule has 88 valence electrons. The van der Waals surface area contributed by atoms with Gasteiger partial charge < -0.3 is 10.5 Å². The van der Waals surface area contributed by atoms with Crippen LogP contribution in [0.2, 0.25) is 0 Å². The second kappa shape index (κ2) is 4.82. The van der Waals surface area contributed by atoms with Crippen LogP contribution < -0.4 is 10.5 Å². The zero-order valence-corrected chi connectivity index (χ0v) is 9.97. The van der Waals surface area contributed by atoms with Gasteiger partial charge in [-0.3, -0.25) is 4.98 Å². The molecule has 1 aromatic heterocycles. The third-order valence-electron chi connectivity index (χ3n) is 2.54. The monoisotopic (exact) mass is 229 g/mol. The van der Waals surface area contributed by atoms with Crippen molar-refractivity contribution in [2.75, 3.05) is 5.73 Å². The Morgan fingerprint density at radius 1 is 1.12 bits per heavy atom. The molecule has 0 bridgehead atoms. The van der Waals surface area contributed by atoms with E-state index in [1.807, 2.05) is 38.1 Å². The molecule has 0 radical (unpaired) electrons. The van der Waals surface area contributed by atoms with Crippen LogP contribution in [0, 0.1) is 13.8 Å². The van der Waals surface area contributed by atoms with E-state index in [9.17, 15) is 0 Å². The summed E-state index contributed by atoms with van der Waals surface area (Å²) in [6.45, 7) is 4.31. The first-order chi connectivity index (χ1) is 8.15. The van der Waals surface area contributed by atoms with Gasteiger partial charge in [0.2, 0.25) is 5.88 Å². The highest BCUT2D eigenvalue weighted by atomic mass is 16.5. The fraction of sp³-hybridized carbons (Fsp3) is 0.231. The molecule has 1 heterocycles. The van der Waals surface area contributed by atoms with Crippen LogP contribution in [0.25, 0.3) is 0 Å². The molecule has 0 aliphatic carbocycles. The maximum Gasteiger partial charge on any atom is 0.232 e. The first-order valence-corrected chi connectivity index (χ1v) is 5.42. The Morgan fingerprint density at radius 2 is 1.82 bits per heavy atom. The van der Waals surface area contributed by atoms with Crippen molar-refractivity contribution in [3.05, 3.63) is 47.4 Å². The number of anilines is 1. The molecule has 1 aromatic carbocycles. The number of aromatic nitrogens is 2. The van der Waals surface area contributed by atoms with Gasteiger partial charge in [-0.2, -0.15) is 0 Å². The SMILES string of the molecule is Cc1ncc(OCc2ccc(N)cc2)nc1C. The topological polar surface area (TPSA) is 61.0 Å². The number of nitrogens with zero attached hydrogens (tertiary/aromatic N) is 2. The highest BCUT2D eigenvalue weighted by molar-refractivity contribution is 5.39. The Bertz CT molecular complexity index is 509. The van der Waals surface area contributed by atoms with Crippen LogP contribution in [0.5, 0.6) is 5.88 Å². The molecule has 0 amide bonds. The van der Waals surface area contributed by atoms with Crippen molar-refractivity contribution in [2.45, 2.75) is 20.5 Å². The van der Waals surface area contributed by atoms with Crippen LogP contribution in [0.1, 0.15) is 17.0 Å². The number of nitrogen functional groups attached to an aromatic ring is 1. The van der Waals surface area contributed by atoms with E-state index in [0.717, 1.165) is 22.6 Å². The van der Waals surface area contributed by atoms with E-state index in [0.29, 0.717) is 12.5 Å². The standard InChI is InChI=1S/C13H15N3O/c1-9-10(2)16-13(7-15-9)17-8-11-3-5-12(14)6-4-11/h3-7H,8,14H2,1-2H3. The fourth-order valence-electron chi connectivity index (χ4n) is 1.36. The van der Waals surface area contributed by atoms with Gasteiger partial charge in [0.15, 0.2) is 0 Å². The maximum atomic E-state index is 5.61. The lowest BCUT2D eigenvalue weighted by molar-refractivity contribution is 0.291. The van der Waals surface area contributed by atoms with E-state index in [2.05, 4.69) is 9.97 Å².